The molecule has 28 heavy (non-hydrogen) atoms. The largest absolute Gasteiger partial charge is 0.378 e. The van der Waals surface area contributed by atoms with Crippen molar-refractivity contribution in [3.05, 3.63) is 72.3 Å². The molecule has 1 amide bonds. The van der Waals surface area contributed by atoms with Crippen molar-refractivity contribution in [3.8, 4) is 0 Å². The highest BCUT2D eigenvalue weighted by Crippen LogP contribution is 2.20. The molecule has 5 nitrogen and oxygen atoms in total. The molecule has 1 saturated heterocycles. The summed E-state index contributed by atoms with van der Waals surface area (Å²) in [4.78, 5) is 14.9. The normalized spacial score (nSPS) is 13.9. The van der Waals surface area contributed by atoms with E-state index >= 15 is 0 Å². The van der Waals surface area contributed by atoms with Crippen molar-refractivity contribution in [3.63, 3.8) is 0 Å². The van der Waals surface area contributed by atoms with Gasteiger partial charge < -0.3 is 15.0 Å². The van der Waals surface area contributed by atoms with Crippen LogP contribution < -0.4 is 15.5 Å². The van der Waals surface area contributed by atoms with Crippen molar-refractivity contribution in [2.45, 2.75) is 0 Å². The van der Waals surface area contributed by atoms with Crippen LogP contribution in [0, 0.1) is 0 Å². The van der Waals surface area contributed by atoms with Crippen molar-refractivity contribution in [2.75, 3.05) is 36.5 Å². The van der Waals surface area contributed by atoms with E-state index in [4.69, 9.17) is 17.0 Å². The summed E-state index contributed by atoms with van der Waals surface area (Å²) >= 11 is 5.32. The van der Waals surface area contributed by atoms with Crippen molar-refractivity contribution in [1.29, 1.82) is 0 Å². The standard InChI is InChI=1S/C22H21N3O2S/c26-21(20-7-3-5-16-4-1-2-6-19(16)20)24-22(28)23-17-8-10-18(11-9-17)25-12-14-27-15-13-25/h1-11H,12-15H2,(H2,23,24,26,28). The minimum Gasteiger partial charge on any atom is -0.378 e. The summed E-state index contributed by atoms with van der Waals surface area (Å²) in [5.41, 5.74) is 2.59. The maximum absolute atomic E-state index is 12.7. The van der Waals surface area contributed by atoms with Gasteiger partial charge in [-0.25, -0.2) is 0 Å². The minimum absolute atomic E-state index is 0.223. The Morgan fingerprint density at radius 2 is 1.64 bits per heavy atom. The molecule has 1 aliphatic heterocycles. The zero-order valence-electron chi connectivity index (χ0n) is 15.4. The van der Waals surface area contributed by atoms with Crippen LogP contribution in [0.2, 0.25) is 0 Å². The first-order valence-corrected chi connectivity index (χ1v) is 9.64. The average molecular weight is 391 g/mol. The fraction of sp³-hybridized carbons (Fsp3) is 0.182. The first-order valence-electron chi connectivity index (χ1n) is 9.23. The van der Waals surface area contributed by atoms with Gasteiger partial charge in [-0.3, -0.25) is 10.1 Å². The Labute approximate surface area is 169 Å². The molecule has 1 heterocycles. The molecule has 0 aliphatic carbocycles. The molecule has 0 spiro atoms. The lowest BCUT2D eigenvalue weighted by molar-refractivity contribution is 0.0979. The molecule has 1 aliphatic rings. The number of anilines is 2. The fourth-order valence-corrected chi connectivity index (χ4v) is 3.54. The molecule has 0 atom stereocenters. The molecule has 4 rings (SSSR count). The molecular weight excluding hydrogens is 370 g/mol. The third-order valence-electron chi connectivity index (χ3n) is 4.76. The quantitative estimate of drug-likeness (QED) is 0.665. The smallest absolute Gasteiger partial charge is 0.258 e. The highest BCUT2D eigenvalue weighted by atomic mass is 32.1. The van der Waals surface area contributed by atoms with E-state index in [1.54, 1.807) is 6.07 Å². The number of thiocarbonyl (C=S) groups is 1. The summed E-state index contributed by atoms with van der Waals surface area (Å²) in [6.45, 7) is 3.30. The van der Waals surface area contributed by atoms with Crippen LogP contribution in [0.1, 0.15) is 10.4 Å². The number of fused-ring (bicyclic) bond motifs is 1. The molecule has 6 heteroatoms. The zero-order chi connectivity index (χ0) is 19.3. The fourth-order valence-electron chi connectivity index (χ4n) is 3.33. The number of nitrogens with zero attached hydrogens (tertiary/aromatic N) is 1. The Morgan fingerprint density at radius 3 is 2.43 bits per heavy atom. The van der Waals surface area contributed by atoms with Crippen LogP contribution in [0.3, 0.4) is 0 Å². The number of ether oxygens (including phenoxy) is 1. The number of nitrogens with one attached hydrogen (secondary N) is 2. The van der Waals surface area contributed by atoms with Crippen LogP contribution in [0.4, 0.5) is 11.4 Å². The molecule has 0 bridgehead atoms. The highest BCUT2D eigenvalue weighted by Gasteiger charge is 2.13. The molecule has 0 radical (unpaired) electrons. The first kappa shape index (κ1) is 18.4. The summed E-state index contributed by atoms with van der Waals surface area (Å²) in [5, 5.41) is 8.05. The van der Waals surface area contributed by atoms with Gasteiger partial charge in [0, 0.05) is 30.0 Å². The van der Waals surface area contributed by atoms with Crippen molar-refractivity contribution >= 4 is 45.4 Å². The summed E-state index contributed by atoms with van der Waals surface area (Å²) < 4.78 is 5.39. The molecule has 3 aromatic carbocycles. The van der Waals surface area contributed by atoms with E-state index in [0.717, 1.165) is 48.5 Å². The summed E-state index contributed by atoms with van der Waals surface area (Å²) in [6, 6.07) is 21.5. The number of hydrogen-bond donors (Lipinski definition) is 2. The van der Waals surface area contributed by atoms with E-state index in [0.29, 0.717) is 5.56 Å². The van der Waals surface area contributed by atoms with Crippen molar-refractivity contribution in [2.24, 2.45) is 0 Å². The third kappa shape index (κ3) is 4.13. The number of hydrogen-bond acceptors (Lipinski definition) is 4. The lowest BCUT2D eigenvalue weighted by atomic mass is 10.0. The number of benzene rings is 3. The van der Waals surface area contributed by atoms with E-state index in [-0.39, 0.29) is 11.0 Å². The monoisotopic (exact) mass is 391 g/mol. The number of morpholine rings is 1. The van der Waals surface area contributed by atoms with Gasteiger partial charge in [-0.2, -0.15) is 0 Å². The van der Waals surface area contributed by atoms with Gasteiger partial charge in [-0.15, -0.1) is 0 Å². The van der Waals surface area contributed by atoms with Gasteiger partial charge in [0.25, 0.3) is 5.91 Å². The Hall–Kier alpha value is -2.96. The lowest BCUT2D eigenvalue weighted by Crippen LogP contribution is -2.36. The van der Waals surface area contributed by atoms with Crippen LogP contribution in [0.25, 0.3) is 10.8 Å². The maximum atomic E-state index is 12.7. The van der Waals surface area contributed by atoms with Gasteiger partial charge in [0.1, 0.15) is 0 Å². The first-order chi connectivity index (χ1) is 13.7. The maximum Gasteiger partial charge on any atom is 0.258 e. The van der Waals surface area contributed by atoms with Crippen LogP contribution in [0.5, 0.6) is 0 Å². The highest BCUT2D eigenvalue weighted by molar-refractivity contribution is 7.80. The number of carbonyl (C=O) groups excluding carboxylic acids is 1. The molecular formula is C22H21N3O2S. The predicted molar refractivity (Wildman–Crippen MR) is 117 cm³/mol. The van der Waals surface area contributed by atoms with Crippen LogP contribution >= 0.6 is 12.2 Å². The Balaban J connectivity index is 1.40. The van der Waals surface area contributed by atoms with Crippen LogP contribution in [0.15, 0.2) is 66.7 Å². The van der Waals surface area contributed by atoms with E-state index in [9.17, 15) is 4.79 Å². The lowest BCUT2D eigenvalue weighted by Gasteiger charge is -2.28. The zero-order valence-corrected chi connectivity index (χ0v) is 16.2. The van der Waals surface area contributed by atoms with E-state index in [2.05, 4.69) is 15.5 Å². The number of amides is 1. The summed E-state index contributed by atoms with van der Waals surface area (Å²) in [7, 11) is 0. The molecule has 142 valence electrons. The second-order valence-electron chi connectivity index (χ2n) is 6.58. The van der Waals surface area contributed by atoms with Gasteiger partial charge in [0.15, 0.2) is 5.11 Å². The van der Waals surface area contributed by atoms with Gasteiger partial charge in [-0.05, 0) is 53.3 Å². The predicted octanol–water partition coefficient (Wildman–Crippen LogP) is 3.80. The molecule has 0 saturated carbocycles. The molecule has 1 fully saturated rings. The second kappa shape index (κ2) is 8.37. The second-order valence-corrected chi connectivity index (χ2v) is 6.99. The van der Waals surface area contributed by atoms with Gasteiger partial charge in [-0.1, -0.05) is 36.4 Å². The summed E-state index contributed by atoms with van der Waals surface area (Å²) in [6.07, 6.45) is 0. The van der Waals surface area contributed by atoms with Gasteiger partial charge in [0.05, 0.1) is 13.2 Å². The molecule has 2 N–H and O–H groups in total. The Bertz CT molecular complexity index is 993. The molecule has 0 aromatic heterocycles. The topological polar surface area (TPSA) is 53.6 Å². The van der Waals surface area contributed by atoms with E-state index in [1.165, 1.54) is 0 Å². The van der Waals surface area contributed by atoms with Crippen molar-refractivity contribution < 1.29 is 9.53 Å². The minimum atomic E-state index is -0.223. The number of rotatable bonds is 3. The number of carbonyl (C=O) groups is 1. The SMILES string of the molecule is O=C(NC(=S)Nc1ccc(N2CCOCC2)cc1)c1cccc2ccccc12. The van der Waals surface area contributed by atoms with Crippen LogP contribution in [-0.2, 0) is 4.74 Å². The van der Waals surface area contributed by atoms with Crippen LogP contribution in [-0.4, -0.2) is 37.3 Å². The molecule has 0 unspecified atom stereocenters. The van der Waals surface area contributed by atoms with Crippen molar-refractivity contribution in [1.82, 2.24) is 5.32 Å². The van der Waals surface area contributed by atoms with E-state index in [1.807, 2.05) is 60.7 Å². The third-order valence-corrected chi connectivity index (χ3v) is 4.97. The molecule has 3 aromatic rings. The van der Waals surface area contributed by atoms with E-state index < -0.39 is 0 Å². The Morgan fingerprint density at radius 1 is 0.929 bits per heavy atom. The summed E-state index contributed by atoms with van der Waals surface area (Å²) in [5.74, 6) is -0.223. The van der Waals surface area contributed by atoms with Gasteiger partial charge in [0.2, 0.25) is 0 Å². The Kier molecular flexibility index (Phi) is 5.50. The van der Waals surface area contributed by atoms with Gasteiger partial charge >= 0.3 is 0 Å². The average Bonchev–Trinajstić information content (AvgIpc) is 2.74.